The van der Waals surface area contributed by atoms with E-state index in [0.717, 1.165) is 73.6 Å². The highest BCUT2D eigenvalue weighted by Gasteiger charge is 2.22. The zero-order valence-electron chi connectivity index (χ0n) is 19.9. The predicted molar refractivity (Wildman–Crippen MR) is 138 cm³/mol. The van der Waals surface area contributed by atoms with Gasteiger partial charge in [0.15, 0.2) is 0 Å². The molecular weight excluding hydrogens is 463 g/mol. The molecule has 2 aromatic carbocycles. The van der Waals surface area contributed by atoms with Gasteiger partial charge in [0.05, 0.1) is 11.0 Å². The van der Waals surface area contributed by atoms with E-state index in [4.69, 9.17) is 16.6 Å². The summed E-state index contributed by atoms with van der Waals surface area (Å²) in [4.78, 5) is 16.1. The molecule has 0 radical (unpaired) electrons. The number of piperidine rings is 1. The van der Waals surface area contributed by atoms with E-state index in [1.807, 2.05) is 25.1 Å². The maximum Gasteiger partial charge on any atom is 0.224 e. The topological polar surface area (TPSA) is 58.9 Å². The quantitative estimate of drug-likeness (QED) is 0.336. The molecule has 6 nitrogen and oxygen atoms in total. The van der Waals surface area contributed by atoms with Gasteiger partial charge in [-0.1, -0.05) is 35.9 Å². The van der Waals surface area contributed by atoms with Crippen LogP contribution in [-0.2, 0) is 13.0 Å². The van der Waals surface area contributed by atoms with Crippen LogP contribution < -0.4 is 5.32 Å². The first kappa shape index (κ1) is 23.7. The van der Waals surface area contributed by atoms with E-state index in [1.165, 1.54) is 12.1 Å². The summed E-state index contributed by atoms with van der Waals surface area (Å²) in [5.41, 5.74) is 4.09. The van der Waals surface area contributed by atoms with Crippen LogP contribution in [0.4, 0.5) is 10.3 Å². The van der Waals surface area contributed by atoms with Crippen molar-refractivity contribution in [3.63, 3.8) is 0 Å². The molecule has 35 heavy (non-hydrogen) atoms. The molecule has 1 fully saturated rings. The first-order valence-electron chi connectivity index (χ1n) is 12.2. The Morgan fingerprint density at radius 1 is 1.03 bits per heavy atom. The van der Waals surface area contributed by atoms with Crippen molar-refractivity contribution in [3.8, 4) is 0 Å². The van der Waals surface area contributed by atoms with Gasteiger partial charge in [-0.3, -0.25) is 0 Å². The molecule has 0 saturated carbocycles. The Morgan fingerprint density at radius 3 is 2.57 bits per heavy atom. The lowest BCUT2D eigenvalue weighted by Crippen LogP contribution is -2.37. The molecule has 1 saturated heterocycles. The number of benzene rings is 2. The maximum absolute atomic E-state index is 13.4. The van der Waals surface area contributed by atoms with Crippen LogP contribution in [0.15, 0.2) is 54.6 Å². The highest BCUT2D eigenvalue weighted by atomic mass is 35.5. The van der Waals surface area contributed by atoms with Gasteiger partial charge in [0.1, 0.15) is 16.8 Å². The van der Waals surface area contributed by atoms with Crippen LogP contribution in [0.3, 0.4) is 0 Å². The molecule has 1 aliphatic rings. The second kappa shape index (κ2) is 10.7. The van der Waals surface area contributed by atoms with Gasteiger partial charge in [0.25, 0.3) is 0 Å². The van der Waals surface area contributed by atoms with Gasteiger partial charge >= 0.3 is 0 Å². The summed E-state index contributed by atoms with van der Waals surface area (Å²) in [5.74, 6) is 2.09. The minimum Gasteiger partial charge on any atom is -0.353 e. The normalized spacial score (nSPS) is 15.1. The van der Waals surface area contributed by atoms with Crippen molar-refractivity contribution in [2.45, 2.75) is 32.7 Å². The average Bonchev–Trinajstić information content (AvgIpc) is 3.18. The molecule has 2 aromatic heterocycles. The fraction of sp³-hybridized carbons (Fsp3) is 0.370. The molecule has 3 heterocycles. The molecule has 0 amide bonds. The smallest absolute Gasteiger partial charge is 0.224 e. The summed E-state index contributed by atoms with van der Waals surface area (Å²) in [6.45, 7) is 6.49. The number of anilines is 1. The van der Waals surface area contributed by atoms with Crippen LogP contribution in [0.5, 0.6) is 0 Å². The maximum atomic E-state index is 13.4. The van der Waals surface area contributed by atoms with Gasteiger partial charge in [-0.2, -0.15) is 0 Å². The summed E-state index contributed by atoms with van der Waals surface area (Å²) in [6, 6.07) is 16.8. The molecule has 1 aliphatic heterocycles. The highest BCUT2D eigenvalue weighted by Crippen LogP contribution is 2.25. The molecule has 0 spiro atoms. The van der Waals surface area contributed by atoms with Crippen LogP contribution in [0.25, 0.3) is 11.0 Å². The largest absolute Gasteiger partial charge is 0.353 e. The minimum atomic E-state index is -0.207. The monoisotopic (exact) mass is 492 g/mol. The van der Waals surface area contributed by atoms with Crippen LogP contribution in [0, 0.1) is 18.7 Å². The zero-order chi connectivity index (χ0) is 24.2. The number of nitrogens with one attached hydrogen (secondary N) is 1. The Labute approximate surface area is 210 Å². The zero-order valence-corrected chi connectivity index (χ0v) is 20.7. The third kappa shape index (κ3) is 5.97. The van der Waals surface area contributed by atoms with Gasteiger partial charge in [-0.15, -0.1) is 0 Å². The Balaban J connectivity index is 1.18. The van der Waals surface area contributed by atoms with Gasteiger partial charge in [0.2, 0.25) is 5.95 Å². The molecule has 0 unspecified atom stereocenters. The summed E-state index contributed by atoms with van der Waals surface area (Å²) >= 11 is 6.03. The number of nitrogens with zero attached hydrogens (tertiary/aromatic N) is 5. The lowest BCUT2D eigenvalue weighted by atomic mass is 9.93. The van der Waals surface area contributed by atoms with Crippen LogP contribution in [0.1, 0.15) is 29.9 Å². The Morgan fingerprint density at radius 2 is 1.80 bits per heavy atom. The molecule has 0 bridgehead atoms. The Bertz CT molecular complexity index is 1260. The molecule has 0 atom stereocenters. The summed E-state index contributed by atoms with van der Waals surface area (Å²) < 4.78 is 15.7. The van der Waals surface area contributed by atoms with E-state index >= 15 is 0 Å². The Hall–Kier alpha value is -3.03. The number of likely N-dealkylation sites (tertiary alicyclic amines) is 1. The van der Waals surface area contributed by atoms with E-state index in [1.54, 1.807) is 6.07 Å². The van der Waals surface area contributed by atoms with Crippen molar-refractivity contribution < 1.29 is 4.39 Å². The Kier molecular flexibility index (Phi) is 7.25. The van der Waals surface area contributed by atoms with Gasteiger partial charge in [-0.05, 0) is 74.7 Å². The number of halogens is 2. The van der Waals surface area contributed by atoms with Crippen molar-refractivity contribution in [1.29, 1.82) is 0 Å². The molecular formula is C27H30ClFN6. The highest BCUT2D eigenvalue weighted by molar-refractivity contribution is 6.29. The van der Waals surface area contributed by atoms with E-state index < -0.39 is 0 Å². The van der Waals surface area contributed by atoms with Gasteiger partial charge in [0, 0.05) is 31.7 Å². The molecule has 1 N–H and O–H groups in total. The summed E-state index contributed by atoms with van der Waals surface area (Å²) in [6.07, 6.45) is 3.25. The average molecular weight is 493 g/mol. The molecule has 5 rings (SSSR count). The second-order valence-electron chi connectivity index (χ2n) is 9.30. The first-order valence-corrected chi connectivity index (χ1v) is 12.6. The minimum absolute atomic E-state index is 0.207. The second-order valence-corrected chi connectivity index (χ2v) is 9.69. The number of hydrogen-bond acceptors (Lipinski definition) is 5. The van der Waals surface area contributed by atoms with Gasteiger partial charge in [-0.25, -0.2) is 19.3 Å². The SMILES string of the molecule is Cc1cc(Cl)nc(NCCN2CCC(Cc3nc4ccccc4n3Cc3ccc(F)cc3)CC2)n1. The lowest BCUT2D eigenvalue weighted by Gasteiger charge is -2.32. The number of aryl methyl sites for hydroxylation is 1. The fourth-order valence-electron chi connectivity index (χ4n) is 4.84. The number of rotatable bonds is 8. The predicted octanol–water partition coefficient (Wildman–Crippen LogP) is 5.34. The number of aromatic nitrogens is 4. The molecule has 4 aromatic rings. The van der Waals surface area contributed by atoms with Crippen molar-refractivity contribution in [2.24, 2.45) is 5.92 Å². The van der Waals surface area contributed by atoms with Crippen LogP contribution in [-0.4, -0.2) is 50.6 Å². The van der Waals surface area contributed by atoms with Crippen molar-refractivity contribution in [2.75, 3.05) is 31.5 Å². The van der Waals surface area contributed by atoms with E-state index in [0.29, 0.717) is 23.6 Å². The molecule has 0 aliphatic carbocycles. The van der Waals surface area contributed by atoms with E-state index in [2.05, 4.69) is 43.0 Å². The third-order valence-corrected chi connectivity index (χ3v) is 6.89. The van der Waals surface area contributed by atoms with Crippen LogP contribution >= 0.6 is 11.6 Å². The van der Waals surface area contributed by atoms with E-state index in [-0.39, 0.29) is 5.82 Å². The van der Waals surface area contributed by atoms with Gasteiger partial charge < -0.3 is 14.8 Å². The van der Waals surface area contributed by atoms with Crippen LogP contribution in [0.2, 0.25) is 5.15 Å². The molecule has 182 valence electrons. The van der Waals surface area contributed by atoms with Crippen molar-refractivity contribution >= 4 is 28.6 Å². The number of para-hydroxylation sites is 2. The fourth-order valence-corrected chi connectivity index (χ4v) is 5.08. The standard InChI is InChI=1S/C27H30ClFN6/c1-19-16-25(28)33-27(31-19)30-12-15-34-13-10-20(11-14-34)17-26-32-23-4-2-3-5-24(23)35(26)18-21-6-8-22(29)9-7-21/h2-9,16,20H,10-15,17-18H2,1H3,(H,30,31,33). The number of fused-ring (bicyclic) bond motifs is 1. The lowest BCUT2D eigenvalue weighted by molar-refractivity contribution is 0.188. The van der Waals surface area contributed by atoms with Crippen molar-refractivity contribution in [3.05, 3.63) is 82.6 Å². The summed E-state index contributed by atoms with van der Waals surface area (Å²) in [5, 5.41) is 3.75. The third-order valence-electron chi connectivity index (χ3n) is 6.70. The molecule has 8 heteroatoms. The number of imidazole rings is 1. The first-order chi connectivity index (χ1) is 17.0. The number of hydrogen-bond donors (Lipinski definition) is 1. The summed E-state index contributed by atoms with van der Waals surface area (Å²) in [7, 11) is 0. The van der Waals surface area contributed by atoms with Crippen molar-refractivity contribution in [1.82, 2.24) is 24.4 Å². The van der Waals surface area contributed by atoms with E-state index in [9.17, 15) is 4.39 Å².